The second-order valence-electron chi connectivity index (χ2n) is 7.08. The second-order valence-corrected chi connectivity index (χ2v) is 7.51. The lowest BCUT2D eigenvalue weighted by molar-refractivity contribution is 0.0941. The Morgan fingerprint density at radius 3 is 2.68 bits per heavy atom. The number of anilines is 1. The van der Waals surface area contributed by atoms with E-state index in [1.807, 2.05) is 37.3 Å². The molecule has 7 nitrogen and oxygen atoms in total. The summed E-state index contributed by atoms with van der Waals surface area (Å²) in [6.45, 7) is 1.93. The van der Waals surface area contributed by atoms with E-state index in [1.54, 1.807) is 31.4 Å². The van der Waals surface area contributed by atoms with Crippen LogP contribution in [0.15, 0.2) is 60.9 Å². The van der Waals surface area contributed by atoms with Gasteiger partial charge in [0.15, 0.2) is 5.65 Å². The molecule has 0 fully saturated rings. The van der Waals surface area contributed by atoms with Crippen molar-refractivity contribution in [2.45, 2.75) is 13.0 Å². The summed E-state index contributed by atoms with van der Waals surface area (Å²) in [6.07, 6.45) is 3.11. The molecule has 1 atom stereocenters. The monoisotopic (exact) mass is 432 g/mol. The van der Waals surface area contributed by atoms with Gasteiger partial charge < -0.3 is 15.6 Å². The number of carbonyl (C=O) groups excluding carboxylic acids is 1. The highest BCUT2D eigenvalue weighted by Crippen LogP contribution is 2.24. The van der Waals surface area contributed by atoms with Crippen LogP contribution in [0.25, 0.3) is 11.2 Å². The van der Waals surface area contributed by atoms with Crippen molar-refractivity contribution in [1.29, 1.82) is 5.41 Å². The van der Waals surface area contributed by atoms with Gasteiger partial charge in [-0.25, -0.2) is 9.97 Å². The number of nitrogens with zero attached hydrogens (tertiary/aromatic N) is 2. The Bertz CT molecular complexity index is 1270. The van der Waals surface area contributed by atoms with Gasteiger partial charge in [0.2, 0.25) is 0 Å². The van der Waals surface area contributed by atoms with Crippen LogP contribution in [0.2, 0.25) is 5.02 Å². The lowest BCUT2D eigenvalue weighted by atomic mass is 10.1. The van der Waals surface area contributed by atoms with Gasteiger partial charge in [-0.1, -0.05) is 41.9 Å². The molecule has 0 aliphatic rings. The van der Waals surface area contributed by atoms with Gasteiger partial charge in [-0.05, 0) is 30.7 Å². The highest BCUT2D eigenvalue weighted by molar-refractivity contribution is 6.31. The van der Waals surface area contributed by atoms with Crippen molar-refractivity contribution in [2.75, 3.05) is 12.4 Å². The Kier molecular flexibility index (Phi) is 5.68. The summed E-state index contributed by atoms with van der Waals surface area (Å²) < 4.78 is 0. The van der Waals surface area contributed by atoms with Crippen molar-refractivity contribution >= 4 is 40.1 Å². The van der Waals surface area contributed by atoms with Crippen molar-refractivity contribution in [3.63, 3.8) is 0 Å². The standard InChI is InChI=1S/C23H21ClN6O/c1-13(14-6-4-3-5-7-14)29-23(31)17-11-27-22-21(17)30-19(12-28-22)20(25)16-9-8-15(24)10-18(16)26-2/h3-13,25-26H,1-2H3,(H,27,28)(H,29,31)/t13-/m0/s1. The number of H-pyrrole nitrogens is 1. The maximum absolute atomic E-state index is 12.9. The lowest BCUT2D eigenvalue weighted by Gasteiger charge is -2.14. The molecular weight excluding hydrogens is 412 g/mol. The highest BCUT2D eigenvalue weighted by atomic mass is 35.5. The minimum atomic E-state index is -0.261. The fraction of sp³-hybridized carbons (Fsp3) is 0.130. The Balaban J connectivity index is 1.65. The van der Waals surface area contributed by atoms with Crippen molar-refractivity contribution < 1.29 is 4.79 Å². The third-order valence-electron chi connectivity index (χ3n) is 5.05. The van der Waals surface area contributed by atoms with E-state index >= 15 is 0 Å². The maximum atomic E-state index is 12.9. The van der Waals surface area contributed by atoms with Crippen LogP contribution < -0.4 is 10.6 Å². The van der Waals surface area contributed by atoms with Crippen LogP contribution in [0.4, 0.5) is 5.69 Å². The first-order chi connectivity index (χ1) is 15.0. The minimum Gasteiger partial charge on any atom is -0.388 e. The van der Waals surface area contributed by atoms with E-state index in [4.69, 9.17) is 17.0 Å². The molecule has 4 N–H and O–H groups in total. The van der Waals surface area contributed by atoms with E-state index in [0.717, 1.165) is 5.56 Å². The first kappa shape index (κ1) is 20.6. The number of nitrogens with one attached hydrogen (secondary N) is 4. The molecule has 2 aromatic carbocycles. The number of hydrogen-bond acceptors (Lipinski definition) is 5. The average Bonchev–Trinajstić information content (AvgIpc) is 3.22. The molecule has 0 aliphatic carbocycles. The van der Waals surface area contributed by atoms with Gasteiger partial charge in [0.1, 0.15) is 11.2 Å². The Labute approximate surface area is 184 Å². The number of amides is 1. The molecule has 2 heterocycles. The molecule has 0 bridgehead atoms. The van der Waals surface area contributed by atoms with Gasteiger partial charge >= 0.3 is 0 Å². The van der Waals surface area contributed by atoms with E-state index in [-0.39, 0.29) is 17.7 Å². The van der Waals surface area contributed by atoms with E-state index < -0.39 is 0 Å². The fourth-order valence-electron chi connectivity index (χ4n) is 3.36. The van der Waals surface area contributed by atoms with Crippen LogP contribution in [-0.2, 0) is 0 Å². The zero-order valence-electron chi connectivity index (χ0n) is 17.0. The molecule has 0 saturated carbocycles. The summed E-state index contributed by atoms with van der Waals surface area (Å²) >= 11 is 6.06. The number of hydrogen-bond donors (Lipinski definition) is 4. The number of carbonyl (C=O) groups is 1. The number of fused-ring (bicyclic) bond motifs is 1. The van der Waals surface area contributed by atoms with Gasteiger partial charge in [-0.15, -0.1) is 0 Å². The molecule has 31 heavy (non-hydrogen) atoms. The van der Waals surface area contributed by atoms with Crippen molar-refractivity contribution in [2.24, 2.45) is 0 Å². The normalized spacial score (nSPS) is 11.8. The molecule has 0 radical (unpaired) electrons. The minimum absolute atomic E-state index is 0.166. The zero-order chi connectivity index (χ0) is 22.0. The topological polar surface area (TPSA) is 107 Å². The summed E-state index contributed by atoms with van der Waals surface area (Å²) in [7, 11) is 1.76. The fourth-order valence-corrected chi connectivity index (χ4v) is 3.54. The number of benzene rings is 2. The molecule has 0 aliphatic heterocycles. The van der Waals surface area contributed by atoms with Gasteiger partial charge in [0.05, 0.1) is 23.5 Å². The quantitative estimate of drug-likeness (QED) is 0.335. The smallest absolute Gasteiger partial charge is 0.255 e. The van der Waals surface area contributed by atoms with Crippen LogP contribution in [0, 0.1) is 5.41 Å². The predicted octanol–water partition coefficient (Wildman–Crippen LogP) is 4.56. The summed E-state index contributed by atoms with van der Waals surface area (Å²) in [4.78, 5) is 24.8. The highest BCUT2D eigenvalue weighted by Gasteiger charge is 2.19. The number of aromatic nitrogens is 3. The van der Waals surface area contributed by atoms with Crippen LogP contribution in [-0.4, -0.2) is 33.6 Å². The Morgan fingerprint density at radius 1 is 1.16 bits per heavy atom. The number of aromatic amines is 1. The molecular formula is C23H21ClN6O. The first-order valence-corrected chi connectivity index (χ1v) is 10.1. The second kappa shape index (κ2) is 8.57. The molecule has 4 rings (SSSR count). The van der Waals surface area contributed by atoms with Crippen LogP contribution >= 0.6 is 11.6 Å². The molecule has 0 spiro atoms. The molecule has 8 heteroatoms. The molecule has 1 amide bonds. The third kappa shape index (κ3) is 4.13. The summed E-state index contributed by atoms with van der Waals surface area (Å²) in [6, 6.07) is 14.8. The zero-order valence-corrected chi connectivity index (χ0v) is 17.8. The van der Waals surface area contributed by atoms with E-state index in [9.17, 15) is 4.79 Å². The van der Waals surface area contributed by atoms with Crippen molar-refractivity contribution in [3.05, 3.63) is 88.3 Å². The Morgan fingerprint density at radius 2 is 1.94 bits per heavy atom. The van der Waals surface area contributed by atoms with Crippen LogP contribution in [0.3, 0.4) is 0 Å². The maximum Gasteiger partial charge on any atom is 0.255 e. The average molecular weight is 433 g/mol. The molecule has 156 valence electrons. The van der Waals surface area contributed by atoms with Gasteiger partial charge in [0, 0.05) is 29.5 Å². The van der Waals surface area contributed by atoms with Gasteiger partial charge in [0.25, 0.3) is 5.91 Å². The third-order valence-corrected chi connectivity index (χ3v) is 5.28. The summed E-state index contributed by atoms with van der Waals surface area (Å²) in [5.74, 6) is -0.261. The van der Waals surface area contributed by atoms with E-state index in [0.29, 0.717) is 38.7 Å². The predicted molar refractivity (Wildman–Crippen MR) is 123 cm³/mol. The van der Waals surface area contributed by atoms with E-state index in [2.05, 4.69) is 25.6 Å². The molecule has 0 unspecified atom stereocenters. The number of halogens is 1. The van der Waals surface area contributed by atoms with Crippen LogP contribution in [0.1, 0.15) is 40.1 Å². The van der Waals surface area contributed by atoms with Crippen LogP contribution in [0.5, 0.6) is 0 Å². The largest absolute Gasteiger partial charge is 0.388 e. The lowest BCUT2D eigenvalue weighted by Crippen LogP contribution is -2.26. The SMILES string of the molecule is CNc1cc(Cl)ccc1C(=N)c1cnc2[nH]cc(C(=O)N[C@@H](C)c3ccccc3)c2n1. The Hall–Kier alpha value is -3.71. The first-order valence-electron chi connectivity index (χ1n) is 9.74. The number of rotatable bonds is 6. The van der Waals surface area contributed by atoms with E-state index in [1.165, 1.54) is 6.20 Å². The van der Waals surface area contributed by atoms with Gasteiger partial charge in [-0.2, -0.15) is 0 Å². The summed E-state index contributed by atoms with van der Waals surface area (Å²) in [5.41, 5.74) is 4.18. The summed E-state index contributed by atoms with van der Waals surface area (Å²) in [5, 5.41) is 15.2. The van der Waals surface area contributed by atoms with Crippen molar-refractivity contribution in [1.82, 2.24) is 20.3 Å². The molecule has 0 saturated heterocycles. The van der Waals surface area contributed by atoms with Crippen molar-refractivity contribution in [3.8, 4) is 0 Å². The van der Waals surface area contributed by atoms with Gasteiger partial charge in [-0.3, -0.25) is 10.2 Å². The molecule has 2 aromatic heterocycles. The molecule has 4 aromatic rings.